The lowest BCUT2D eigenvalue weighted by atomic mass is 10.2. The second-order valence-electron chi connectivity index (χ2n) is 3.98. The van der Waals surface area contributed by atoms with Crippen molar-refractivity contribution in [2.24, 2.45) is 0 Å². The predicted molar refractivity (Wildman–Crippen MR) is 70.9 cm³/mol. The fourth-order valence-electron chi connectivity index (χ4n) is 1.93. The van der Waals surface area contributed by atoms with Crippen LogP contribution in [-0.4, -0.2) is 29.3 Å². The standard InChI is InChI=1S/C12H12Cl2N2O2/c1-2-16-10(17)6-9(12(16)18)15-8-5-3-4-7(13)11(8)14/h3-5,9,15H,2,6H2,1H3. The highest BCUT2D eigenvalue weighted by Crippen LogP contribution is 2.31. The molecule has 0 aliphatic carbocycles. The van der Waals surface area contributed by atoms with E-state index in [1.165, 1.54) is 4.90 Å². The summed E-state index contributed by atoms with van der Waals surface area (Å²) in [6.07, 6.45) is 0.148. The number of nitrogens with one attached hydrogen (secondary N) is 1. The minimum absolute atomic E-state index is 0.148. The molecule has 1 aromatic rings. The van der Waals surface area contributed by atoms with Crippen molar-refractivity contribution in [1.29, 1.82) is 0 Å². The van der Waals surface area contributed by atoms with Crippen LogP contribution < -0.4 is 5.32 Å². The van der Waals surface area contributed by atoms with Crippen molar-refractivity contribution in [3.05, 3.63) is 28.2 Å². The highest BCUT2D eigenvalue weighted by atomic mass is 35.5. The Labute approximate surface area is 115 Å². The fourth-order valence-corrected chi connectivity index (χ4v) is 2.29. The van der Waals surface area contributed by atoms with Crippen LogP contribution in [-0.2, 0) is 9.59 Å². The van der Waals surface area contributed by atoms with Gasteiger partial charge in [0.05, 0.1) is 22.2 Å². The molecule has 0 radical (unpaired) electrons. The first-order chi connectivity index (χ1) is 8.54. The van der Waals surface area contributed by atoms with Crippen LogP contribution in [0.1, 0.15) is 13.3 Å². The zero-order chi connectivity index (χ0) is 13.3. The molecule has 0 spiro atoms. The number of nitrogens with zero attached hydrogens (tertiary/aromatic N) is 1. The minimum Gasteiger partial charge on any atom is -0.372 e. The summed E-state index contributed by atoms with van der Waals surface area (Å²) in [4.78, 5) is 24.7. The summed E-state index contributed by atoms with van der Waals surface area (Å²) in [5, 5.41) is 3.73. The van der Waals surface area contributed by atoms with Crippen molar-refractivity contribution in [3.8, 4) is 0 Å². The van der Waals surface area contributed by atoms with E-state index in [-0.39, 0.29) is 18.2 Å². The van der Waals surface area contributed by atoms with Gasteiger partial charge in [0.2, 0.25) is 5.91 Å². The lowest BCUT2D eigenvalue weighted by Gasteiger charge is -2.15. The number of benzene rings is 1. The first-order valence-corrected chi connectivity index (χ1v) is 6.35. The summed E-state index contributed by atoms with van der Waals surface area (Å²) < 4.78 is 0. The quantitative estimate of drug-likeness (QED) is 0.869. The number of rotatable bonds is 3. The number of imide groups is 1. The maximum Gasteiger partial charge on any atom is 0.252 e. The van der Waals surface area contributed by atoms with Crippen molar-refractivity contribution < 1.29 is 9.59 Å². The zero-order valence-electron chi connectivity index (χ0n) is 9.74. The fraction of sp³-hybridized carbons (Fsp3) is 0.333. The Morgan fingerprint density at radius 1 is 1.39 bits per heavy atom. The summed E-state index contributed by atoms with van der Waals surface area (Å²) in [5.41, 5.74) is 0.563. The van der Waals surface area contributed by atoms with Crippen LogP contribution in [0.4, 0.5) is 5.69 Å². The van der Waals surface area contributed by atoms with Gasteiger partial charge in [0.15, 0.2) is 0 Å². The van der Waals surface area contributed by atoms with Gasteiger partial charge in [-0.1, -0.05) is 29.3 Å². The Bertz CT molecular complexity index is 505. The van der Waals surface area contributed by atoms with Gasteiger partial charge in [-0.2, -0.15) is 0 Å². The Hall–Kier alpha value is -1.26. The first-order valence-electron chi connectivity index (χ1n) is 5.59. The summed E-state index contributed by atoms with van der Waals surface area (Å²) in [5.74, 6) is -0.392. The average Bonchev–Trinajstić information content (AvgIpc) is 2.60. The zero-order valence-corrected chi connectivity index (χ0v) is 11.3. The van der Waals surface area contributed by atoms with Gasteiger partial charge in [-0.3, -0.25) is 14.5 Å². The molecule has 2 amide bonds. The average molecular weight is 287 g/mol. The molecule has 1 unspecified atom stereocenters. The maximum absolute atomic E-state index is 11.9. The number of anilines is 1. The van der Waals surface area contributed by atoms with E-state index in [1.807, 2.05) is 0 Å². The van der Waals surface area contributed by atoms with Crippen LogP contribution in [0.2, 0.25) is 10.0 Å². The molecule has 0 aromatic heterocycles. The summed E-state index contributed by atoms with van der Waals surface area (Å²) >= 11 is 11.9. The van der Waals surface area contributed by atoms with Gasteiger partial charge >= 0.3 is 0 Å². The molecule has 1 aliphatic rings. The molecule has 18 heavy (non-hydrogen) atoms. The summed E-state index contributed by atoms with van der Waals surface area (Å²) in [6.45, 7) is 2.16. The molecule has 1 heterocycles. The topological polar surface area (TPSA) is 49.4 Å². The van der Waals surface area contributed by atoms with E-state index < -0.39 is 6.04 Å². The number of amides is 2. The van der Waals surface area contributed by atoms with Crippen LogP contribution in [0, 0.1) is 0 Å². The first kappa shape index (κ1) is 13.2. The van der Waals surface area contributed by atoms with E-state index in [4.69, 9.17) is 23.2 Å². The Morgan fingerprint density at radius 2 is 2.11 bits per heavy atom. The third kappa shape index (κ3) is 2.31. The highest BCUT2D eigenvalue weighted by molar-refractivity contribution is 6.43. The van der Waals surface area contributed by atoms with Crippen LogP contribution in [0.5, 0.6) is 0 Å². The smallest absolute Gasteiger partial charge is 0.252 e. The van der Waals surface area contributed by atoms with Crippen molar-refractivity contribution in [1.82, 2.24) is 4.90 Å². The Kier molecular flexibility index (Phi) is 3.78. The predicted octanol–water partition coefficient (Wildman–Crippen LogP) is 2.55. The molecule has 6 heteroatoms. The number of halogens is 2. The van der Waals surface area contributed by atoms with Crippen molar-refractivity contribution >= 4 is 40.7 Å². The summed E-state index contributed by atoms with van der Waals surface area (Å²) in [6, 6.07) is 4.55. The van der Waals surface area contributed by atoms with Gasteiger partial charge in [-0.05, 0) is 19.1 Å². The van der Waals surface area contributed by atoms with E-state index in [0.717, 1.165) is 0 Å². The van der Waals surface area contributed by atoms with Crippen LogP contribution in [0.15, 0.2) is 18.2 Å². The number of carbonyl (C=O) groups is 2. The molecule has 1 aromatic carbocycles. The SMILES string of the molecule is CCN1C(=O)CC(Nc2cccc(Cl)c2Cl)C1=O. The number of likely N-dealkylation sites (N-methyl/N-ethyl adjacent to an activating group) is 1. The van der Waals surface area contributed by atoms with Crippen molar-refractivity contribution in [2.75, 3.05) is 11.9 Å². The second-order valence-corrected chi connectivity index (χ2v) is 4.76. The molecule has 1 aliphatic heterocycles. The summed E-state index contributed by atoms with van der Waals surface area (Å²) in [7, 11) is 0. The van der Waals surface area contributed by atoms with Crippen LogP contribution in [0.3, 0.4) is 0 Å². The normalized spacial score (nSPS) is 19.5. The lowest BCUT2D eigenvalue weighted by molar-refractivity contribution is -0.138. The third-order valence-corrected chi connectivity index (χ3v) is 3.66. The number of carbonyl (C=O) groups excluding carboxylic acids is 2. The highest BCUT2D eigenvalue weighted by Gasteiger charge is 2.37. The maximum atomic E-state index is 11.9. The lowest BCUT2D eigenvalue weighted by Crippen LogP contribution is -2.34. The van der Waals surface area contributed by atoms with Crippen molar-refractivity contribution in [3.63, 3.8) is 0 Å². The number of hydrogen-bond acceptors (Lipinski definition) is 3. The van der Waals surface area contributed by atoms with Gasteiger partial charge in [-0.25, -0.2) is 0 Å². The van der Waals surface area contributed by atoms with Gasteiger partial charge < -0.3 is 5.32 Å². The monoisotopic (exact) mass is 286 g/mol. The van der Waals surface area contributed by atoms with Crippen LogP contribution >= 0.6 is 23.2 Å². The third-order valence-electron chi connectivity index (χ3n) is 2.84. The molecule has 1 fully saturated rings. The van der Waals surface area contributed by atoms with Crippen LogP contribution in [0.25, 0.3) is 0 Å². The Morgan fingerprint density at radius 3 is 2.72 bits per heavy atom. The number of likely N-dealkylation sites (tertiary alicyclic amines) is 1. The van der Waals surface area contributed by atoms with E-state index in [0.29, 0.717) is 22.3 Å². The molecule has 0 saturated carbocycles. The number of hydrogen-bond donors (Lipinski definition) is 1. The van der Waals surface area contributed by atoms with E-state index in [2.05, 4.69) is 5.32 Å². The van der Waals surface area contributed by atoms with E-state index in [9.17, 15) is 9.59 Å². The molecule has 0 bridgehead atoms. The van der Waals surface area contributed by atoms with Gasteiger partial charge in [0, 0.05) is 6.54 Å². The molecule has 1 atom stereocenters. The molecule has 96 valence electrons. The molecule has 4 nitrogen and oxygen atoms in total. The largest absolute Gasteiger partial charge is 0.372 e. The van der Waals surface area contributed by atoms with E-state index >= 15 is 0 Å². The molecular formula is C12H12Cl2N2O2. The van der Waals surface area contributed by atoms with Gasteiger partial charge in [0.25, 0.3) is 5.91 Å². The van der Waals surface area contributed by atoms with E-state index in [1.54, 1.807) is 25.1 Å². The molecule has 1 saturated heterocycles. The van der Waals surface area contributed by atoms with Crippen molar-refractivity contribution in [2.45, 2.75) is 19.4 Å². The van der Waals surface area contributed by atoms with Gasteiger partial charge in [0.1, 0.15) is 6.04 Å². The molecule has 1 N–H and O–H groups in total. The second kappa shape index (κ2) is 5.16. The Balaban J connectivity index is 2.18. The minimum atomic E-state index is -0.562. The van der Waals surface area contributed by atoms with Gasteiger partial charge in [-0.15, -0.1) is 0 Å². The molecular weight excluding hydrogens is 275 g/mol. The molecule has 2 rings (SSSR count).